The lowest BCUT2D eigenvalue weighted by Crippen LogP contribution is -2.45. The SMILES string of the molecule is COc1cccc([C@H]2CCN(C(=O)NC3CCC(O)CC3)C2)c1OC. The van der Waals surface area contributed by atoms with E-state index < -0.39 is 0 Å². The molecule has 3 rings (SSSR count). The largest absolute Gasteiger partial charge is 0.493 e. The monoisotopic (exact) mass is 348 g/mol. The summed E-state index contributed by atoms with van der Waals surface area (Å²) in [7, 11) is 3.29. The minimum absolute atomic E-state index is 0.00533. The minimum Gasteiger partial charge on any atom is -0.493 e. The van der Waals surface area contributed by atoms with E-state index in [-0.39, 0.29) is 24.1 Å². The molecule has 1 saturated heterocycles. The van der Waals surface area contributed by atoms with Crippen molar-refractivity contribution in [1.29, 1.82) is 0 Å². The molecule has 0 spiro atoms. The maximum Gasteiger partial charge on any atom is 0.317 e. The van der Waals surface area contributed by atoms with Crippen LogP contribution in [0.15, 0.2) is 18.2 Å². The number of carbonyl (C=O) groups is 1. The van der Waals surface area contributed by atoms with Gasteiger partial charge in [0, 0.05) is 30.6 Å². The second-order valence-electron chi connectivity index (χ2n) is 6.97. The van der Waals surface area contributed by atoms with E-state index in [0.29, 0.717) is 6.54 Å². The van der Waals surface area contributed by atoms with Crippen LogP contribution in [0.3, 0.4) is 0 Å². The molecule has 138 valence electrons. The molecular formula is C19H28N2O4. The number of amides is 2. The number of aliphatic hydroxyl groups excluding tert-OH is 1. The zero-order valence-corrected chi connectivity index (χ0v) is 15.0. The molecule has 1 aliphatic carbocycles. The predicted molar refractivity (Wildman–Crippen MR) is 95.3 cm³/mol. The highest BCUT2D eigenvalue weighted by Crippen LogP contribution is 2.39. The number of para-hydroxylation sites is 1. The zero-order chi connectivity index (χ0) is 17.8. The molecule has 0 radical (unpaired) electrons. The molecule has 1 heterocycles. The summed E-state index contributed by atoms with van der Waals surface area (Å²) < 4.78 is 10.9. The van der Waals surface area contributed by atoms with Crippen LogP contribution in [-0.4, -0.2) is 55.5 Å². The Hall–Kier alpha value is -1.95. The van der Waals surface area contributed by atoms with Gasteiger partial charge < -0.3 is 24.8 Å². The Morgan fingerprint density at radius 3 is 2.60 bits per heavy atom. The van der Waals surface area contributed by atoms with Crippen LogP contribution < -0.4 is 14.8 Å². The third-order valence-corrected chi connectivity index (χ3v) is 5.37. The molecule has 2 N–H and O–H groups in total. The van der Waals surface area contributed by atoms with Gasteiger partial charge in [-0.2, -0.15) is 0 Å². The highest BCUT2D eigenvalue weighted by Gasteiger charge is 2.31. The topological polar surface area (TPSA) is 71.0 Å². The highest BCUT2D eigenvalue weighted by molar-refractivity contribution is 5.75. The maximum absolute atomic E-state index is 12.5. The number of likely N-dealkylation sites (tertiary alicyclic amines) is 1. The van der Waals surface area contributed by atoms with Crippen LogP contribution in [0, 0.1) is 0 Å². The molecule has 25 heavy (non-hydrogen) atoms. The lowest BCUT2D eigenvalue weighted by atomic mass is 9.93. The van der Waals surface area contributed by atoms with E-state index in [1.807, 2.05) is 17.0 Å². The lowest BCUT2D eigenvalue weighted by Gasteiger charge is -2.28. The van der Waals surface area contributed by atoms with E-state index in [0.717, 1.165) is 55.7 Å². The number of nitrogens with zero attached hydrogens (tertiary/aromatic N) is 1. The summed E-state index contributed by atoms with van der Waals surface area (Å²) in [5, 5.41) is 12.7. The Morgan fingerprint density at radius 1 is 1.16 bits per heavy atom. The van der Waals surface area contributed by atoms with E-state index in [1.54, 1.807) is 14.2 Å². The molecule has 1 aromatic carbocycles. The van der Waals surface area contributed by atoms with Gasteiger partial charge in [0.15, 0.2) is 11.5 Å². The van der Waals surface area contributed by atoms with Gasteiger partial charge in [-0.3, -0.25) is 0 Å². The Bertz CT molecular complexity index is 599. The summed E-state index contributed by atoms with van der Waals surface area (Å²) in [6.07, 6.45) is 3.97. The molecule has 1 aromatic rings. The molecule has 1 aliphatic heterocycles. The van der Waals surface area contributed by atoms with Crippen LogP contribution in [0.1, 0.15) is 43.6 Å². The predicted octanol–water partition coefficient (Wildman–Crippen LogP) is 2.51. The van der Waals surface area contributed by atoms with Crippen LogP contribution in [-0.2, 0) is 0 Å². The van der Waals surface area contributed by atoms with E-state index in [4.69, 9.17) is 9.47 Å². The third kappa shape index (κ3) is 4.00. The van der Waals surface area contributed by atoms with Gasteiger partial charge in [0.1, 0.15) is 0 Å². The van der Waals surface area contributed by atoms with E-state index >= 15 is 0 Å². The first-order valence-electron chi connectivity index (χ1n) is 9.06. The van der Waals surface area contributed by atoms with Crippen LogP contribution in [0.2, 0.25) is 0 Å². The lowest BCUT2D eigenvalue weighted by molar-refractivity contribution is 0.115. The van der Waals surface area contributed by atoms with Crippen molar-refractivity contribution in [2.24, 2.45) is 0 Å². The van der Waals surface area contributed by atoms with Crippen molar-refractivity contribution in [1.82, 2.24) is 10.2 Å². The average molecular weight is 348 g/mol. The molecule has 0 unspecified atom stereocenters. The van der Waals surface area contributed by atoms with E-state index in [1.165, 1.54) is 0 Å². The number of hydrogen-bond acceptors (Lipinski definition) is 4. The van der Waals surface area contributed by atoms with Gasteiger partial charge in [-0.15, -0.1) is 0 Å². The van der Waals surface area contributed by atoms with Crippen LogP contribution >= 0.6 is 0 Å². The fourth-order valence-corrected chi connectivity index (χ4v) is 3.92. The van der Waals surface area contributed by atoms with E-state index in [9.17, 15) is 9.90 Å². The average Bonchev–Trinajstić information content (AvgIpc) is 3.13. The van der Waals surface area contributed by atoms with Crippen LogP contribution in [0.25, 0.3) is 0 Å². The molecule has 2 fully saturated rings. The van der Waals surface area contributed by atoms with Gasteiger partial charge in [0.2, 0.25) is 0 Å². The molecule has 1 saturated carbocycles. The van der Waals surface area contributed by atoms with Crippen LogP contribution in [0.4, 0.5) is 4.79 Å². The number of hydrogen-bond donors (Lipinski definition) is 2. The maximum atomic E-state index is 12.5. The first-order chi connectivity index (χ1) is 12.1. The standard InChI is InChI=1S/C19H28N2O4/c1-24-17-5-3-4-16(18(17)25-2)13-10-11-21(12-13)19(23)20-14-6-8-15(22)9-7-14/h3-5,13-15,22H,6-12H2,1-2H3,(H,20,23)/t13-,14?,15?/m0/s1. The van der Waals surface area contributed by atoms with Gasteiger partial charge in [0.05, 0.1) is 20.3 Å². The molecule has 1 atom stereocenters. The van der Waals surface area contributed by atoms with Crippen molar-refractivity contribution < 1.29 is 19.4 Å². The summed E-state index contributed by atoms with van der Waals surface area (Å²) in [6, 6.07) is 6.09. The van der Waals surface area contributed by atoms with Gasteiger partial charge in [0.25, 0.3) is 0 Å². The number of nitrogens with one attached hydrogen (secondary N) is 1. The summed E-state index contributed by atoms with van der Waals surface area (Å²) in [5.74, 6) is 1.74. The second-order valence-corrected chi connectivity index (χ2v) is 6.97. The summed E-state index contributed by atoms with van der Waals surface area (Å²) in [6.45, 7) is 1.43. The van der Waals surface area contributed by atoms with Crippen molar-refractivity contribution in [3.8, 4) is 11.5 Å². The van der Waals surface area contributed by atoms with Crippen molar-refractivity contribution in [3.63, 3.8) is 0 Å². The molecular weight excluding hydrogens is 320 g/mol. The minimum atomic E-state index is -0.204. The highest BCUT2D eigenvalue weighted by atomic mass is 16.5. The first kappa shape index (κ1) is 17.9. The smallest absolute Gasteiger partial charge is 0.317 e. The van der Waals surface area contributed by atoms with Crippen molar-refractivity contribution in [3.05, 3.63) is 23.8 Å². The summed E-state index contributed by atoms with van der Waals surface area (Å²) >= 11 is 0. The molecule has 2 aliphatic rings. The second kappa shape index (κ2) is 7.95. The fraction of sp³-hybridized carbons (Fsp3) is 0.632. The first-order valence-corrected chi connectivity index (χ1v) is 9.06. The molecule has 2 amide bonds. The van der Waals surface area contributed by atoms with E-state index in [2.05, 4.69) is 11.4 Å². The van der Waals surface area contributed by atoms with Crippen molar-refractivity contribution >= 4 is 6.03 Å². The van der Waals surface area contributed by atoms with Gasteiger partial charge in [-0.05, 0) is 38.2 Å². The summed E-state index contributed by atoms with van der Waals surface area (Å²) in [4.78, 5) is 14.4. The third-order valence-electron chi connectivity index (χ3n) is 5.37. The number of rotatable bonds is 4. The van der Waals surface area contributed by atoms with Gasteiger partial charge in [-0.25, -0.2) is 4.79 Å². The Labute approximate surface area is 149 Å². The number of carbonyl (C=O) groups excluding carboxylic acids is 1. The Kier molecular flexibility index (Phi) is 5.68. The number of ether oxygens (including phenoxy) is 2. The fourth-order valence-electron chi connectivity index (χ4n) is 3.92. The number of methoxy groups -OCH3 is 2. The Balaban J connectivity index is 1.61. The van der Waals surface area contributed by atoms with Crippen molar-refractivity contribution in [2.45, 2.75) is 50.2 Å². The molecule has 6 heteroatoms. The molecule has 6 nitrogen and oxygen atoms in total. The zero-order valence-electron chi connectivity index (χ0n) is 15.0. The number of urea groups is 1. The molecule has 0 bridgehead atoms. The van der Waals surface area contributed by atoms with Crippen LogP contribution in [0.5, 0.6) is 11.5 Å². The normalized spacial score (nSPS) is 26.4. The quantitative estimate of drug-likeness (QED) is 0.877. The number of aliphatic hydroxyl groups is 1. The Morgan fingerprint density at radius 2 is 1.92 bits per heavy atom. The molecule has 0 aromatic heterocycles. The van der Waals surface area contributed by atoms with Gasteiger partial charge in [-0.1, -0.05) is 12.1 Å². The van der Waals surface area contributed by atoms with Crippen molar-refractivity contribution in [2.75, 3.05) is 27.3 Å². The van der Waals surface area contributed by atoms with Gasteiger partial charge >= 0.3 is 6.03 Å². The number of benzene rings is 1. The summed E-state index contributed by atoms with van der Waals surface area (Å²) in [5.41, 5.74) is 1.10.